The fourth-order valence-electron chi connectivity index (χ4n) is 2.39. The Labute approximate surface area is 125 Å². The van der Waals surface area contributed by atoms with Crippen molar-refractivity contribution in [2.24, 2.45) is 10.9 Å². The highest BCUT2D eigenvalue weighted by Gasteiger charge is 2.18. The van der Waals surface area contributed by atoms with E-state index in [1.165, 1.54) is 9.75 Å². The van der Waals surface area contributed by atoms with Gasteiger partial charge >= 0.3 is 0 Å². The molecule has 1 saturated heterocycles. The second-order valence-corrected chi connectivity index (χ2v) is 6.67. The van der Waals surface area contributed by atoms with Crippen molar-refractivity contribution >= 4 is 17.3 Å². The summed E-state index contributed by atoms with van der Waals surface area (Å²) >= 11 is 1.82. The van der Waals surface area contributed by atoms with Crippen LogP contribution in [-0.4, -0.2) is 44.2 Å². The van der Waals surface area contributed by atoms with E-state index in [9.17, 15) is 0 Å². The molecular weight excluding hydrogens is 270 g/mol. The molecule has 0 radical (unpaired) electrons. The highest BCUT2D eigenvalue weighted by atomic mass is 32.1. The monoisotopic (exact) mass is 295 g/mol. The van der Waals surface area contributed by atoms with Gasteiger partial charge in [-0.05, 0) is 32.4 Å². The SMILES string of the molecule is CCNC(=NCc1ccc(C)s1)N(C)CC1CCOC1. The van der Waals surface area contributed by atoms with Gasteiger partial charge in [-0.2, -0.15) is 0 Å². The van der Waals surface area contributed by atoms with Crippen LogP contribution in [0.25, 0.3) is 0 Å². The van der Waals surface area contributed by atoms with Crippen LogP contribution in [0.4, 0.5) is 0 Å². The van der Waals surface area contributed by atoms with Crippen LogP contribution in [0.2, 0.25) is 0 Å². The molecule has 0 aliphatic carbocycles. The molecule has 20 heavy (non-hydrogen) atoms. The van der Waals surface area contributed by atoms with Crippen LogP contribution in [0.5, 0.6) is 0 Å². The van der Waals surface area contributed by atoms with Gasteiger partial charge < -0.3 is 15.0 Å². The lowest BCUT2D eigenvalue weighted by atomic mass is 10.1. The third-order valence-corrected chi connectivity index (χ3v) is 4.42. The number of ether oxygens (including phenoxy) is 1. The average molecular weight is 295 g/mol. The molecule has 0 amide bonds. The normalized spacial score (nSPS) is 19.4. The van der Waals surface area contributed by atoms with Crippen LogP contribution in [0, 0.1) is 12.8 Å². The van der Waals surface area contributed by atoms with Crippen molar-refractivity contribution < 1.29 is 4.74 Å². The van der Waals surface area contributed by atoms with Crippen LogP contribution in [0.15, 0.2) is 17.1 Å². The minimum absolute atomic E-state index is 0.632. The Morgan fingerprint density at radius 1 is 1.55 bits per heavy atom. The Kier molecular flexibility index (Phi) is 5.86. The zero-order valence-electron chi connectivity index (χ0n) is 12.7. The molecule has 1 unspecified atom stereocenters. The minimum Gasteiger partial charge on any atom is -0.381 e. The van der Waals surface area contributed by atoms with Gasteiger partial charge in [0, 0.05) is 42.4 Å². The summed E-state index contributed by atoms with van der Waals surface area (Å²) in [4.78, 5) is 9.63. The second-order valence-electron chi connectivity index (χ2n) is 5.29. The van der Waals surface area contributed by atoms with Gasteiger partial charge in [-0.15, -0.1) is 11.3 Å². The molecule has 4 nitrogen and oxygen atoms in total. The molecule has 0 spiro atoms. The number of aryl methyl sites for hydroxylation is 1. The number of hydrogen-bond acceptors (Lipinski definition) is 3. The van der Waals surface area contributed by atoms with Crippen molar-refractivity contribution in [1.29, 1.82) is 0 Å². The molecule has 1 aromatic rings. The van der Waals surface area contributed by atoms with Gasteiger partial charge in [-0.25, -0.2) is 4.99 Å². The number of guanidine groups is 1. The Hall–Kier alpha value is -1.07. The largest absolute Gasteiger partial charge is 0.381 e. The van der Waals surface area contributed by atoms with E-state index in [1.807, 2.05) is 11.3 Å². The maximum Gasteiger partial charge on any atom is 0.194 e. The van der Waals surface area contributed by atoms with Crippen LogP contribution in [0.3, 0.4) is 0 Å². The van der Waals surface area contributed by atoms with E-state index < -0.39 is 0 Å². The van der Waals surface area contributed by atoms with Gasteiger partial charge in [-0.1, -0.05) is 0 Å². The maximum atomic E-state index is 5.44. The summed E-state index contributed by atoms with van der Waals surface area (Å²) in [6.07, 6.45) is 1.16. The topological polar surface area (TPSA) is 36.9 Å². The minimum atomic E-state index is 0.632. The van der Waals surface area contributed by atoms with Crippen molar-refractivity contribution in [2.45, 2.75) is 26.8 Å². The first-order chi connectivity index (χ1) is 9.69. The molecule has 1 aliphatic heterocycles. The molecule has 1 aromatic heterocycles. The van der Waals surface area contributed by atoms with Gasteiger partial charge in [0.2, 0.25) is 0 Å². The van der Waals surface area contributed by atoms with Gasteiger partial charge in [0.25, 0.3) is 0 Å². The summed E-state index contributed by atoms with van der Waals surface area (Å²) in [6.45, 7) is 8.69. The predicted octanol–water partition coefficient (Wildman–Crippen LogP) is 2.49. The summed E-state index contributed by atoms with van der Waals surface area (Å²) in [6, 6.07) is 4.32. The molecule has 1 aliphatic rings. The molecule has 1 N–H and O–H groups in total. The van der Waals surface area contributed by atoms with Gasteiger partial charge in [0.1, 0.15) is 0 Å². The van der Waals surface area contributed by atoms with E-state index in [4.69, 9.17) is 9.73 Å². The summed E-state index contributed by atoms with van der Waals surface area (Å²) in [5.41, 5.74) is 0. The fraction of sp³-hybridized carbons (Fsp3) is 0.667. The molecule has 0 bridgehead atoms. The van der Waals surface area contributed by atoms with Gasteiger partial charge in [0.05, 0.1) is 13.2 Å². The first kappa shape index (κ1) is 15.3. The molecule has 1 fully saturated rings. The summed E-state index contributed by atoms with van der Waals surface area (Å²) in [7, 11) is 2.11. The Balaban J connectivity index is 1.93. The molecule has 5 heteroatoms. The first-order valence-electron chi connectivity index (χ1n) is 7.31. The van der Waals surface area contributed by atoms with Crippen LogP contribution >= 0.6 is 11.3 Å². The molecule has 112 valence electrons. The molecule has 0 saturated carbocycles. The van der Waals surface area contributed by atoms with E-state index in [0.29, 0.717) is 5.92 Å². The Morgan fingerprint density at radius 3 is 3.00 bits per heavy atom. The zero-order valence-corrected chi connectivity index (χ0v) is 13.5. The lowest BCUT2D eigenvalue weighted by Crippen LogP contribution is -2.41. The molecule has 2 heterocycles. The number of aliphatic imine (C=N–C) groups is 1. The van der Waals surface area contributed by atoms with Crippen molar-refractivity contribution in [1.82, 2.24) is 10.2 Å². The van der Waals surface area contributed by atoms with E-state index in [0.717, 1.165) is 45.2 Å². The Morgan fingerprint density at radius 2 is 2.40 bits per heavy atom. The summed E-state index contributed by atoms with van der Waals surface area (Å²) in [5.74, 6) is 1.62. The molecule has 2 rings (SSSR count). The van der Waals surface area contributed by atoms with Crippen molar-refractivity contribution in [3.63, 3.8) is 0 Å². The zero-order chi connectivity index (χ0) is 14.4. The number of rotatable bonds is 5. The third kappa shape index (κ3) is 4.49. The van der Waals surface area contributed by atoms with Crippen LogP contribution < -0.4 is 5.32 Å². The first-order valence-corrected chi connectivity index (χ1v) is 8.13. The van der Waals surface area contributed by atoms with E-state index in [2.05, 4.69) is 43.2 Å². The maximum absolute atomic E-state index is 5.44. The lowest BCUT2D eigenvalue weighted by molar-refractivity contribution is 0.181. The quantitative estimate of drug-likeness (QED) is 0.670. The average Bonchev–Trinajstić information content (AvgIpc) is 3.06. The number of thiophene rings is 1. The highest BCUT2D eigenvalue weighted by molar-refractivity contribution is 7.11. The molecular formula is C15H25N3OS. The standard InChI is InChI=1S/C15H25N3OS/c1-4-16-15(17-9-14-6-5-12(2)20-14)18(3)10-13-7-8-19-11-13/h5-6,13H,4,7-11H2,1-3H3,(H,16,17). The van der Waals surface area contributed by atoms with Crippen molar-refractivity contribution in [3.05, 3.63) is 21.9 Å². The van der Waals surface area contributed by atoms with Gasteiger partial charge in [-0.3, -0.25) is 0 Å². The third-order valence-electron chi connectivity index (χ3n) is 3.43. The lowest BCUT2D eigenvalue weighted by Gasteiger charge is -2.24. The van der Waals surface area contributed by atoms with Crippen molar-refractivity contribution in [2.75, 3.05) is 33.4 Å². The van der Waals surface area contributed by atoms with E-state index in [-0.39, 0.29) is 0 Å². The van der Waals surface area contributed by atoms with Gasteiger partial charge in [0.15, 0.2) is 5.96 Å². The smallest absolute Gasteiger partial charge is 0.194 e. The van der Waals surface area contributed by atoms with E-state index >= 15 is 0 Å². The van der Waals surface area contributed by atoms with Crippen molar-refractivity contribution in [3.8, 4) is 0 Å². The Bertz CT molecular complexity index is 438. The highest BCUT2D eigenvalue weighted by Crippen LogP contribution is 2.16. The number of hydrogen-bond donors (Lipinski definition) is 1. The predicted molar refractivity (Wildman–Crippen MR) is 85.4 cm³/mol. The summed E-state index contributed by atoms with van der Waals surface area (Å²) in [5, 5.41) is 3.37. The van der Waals surface area contributed by atoms with Crippen LogP contribution in [-0.2, 0) is 11.3 Å². The fourth-order valence-corrected chi connectivity index (χ4v) is 3.21. The summed E-state index contributed by atoms with van der Waals surface area (Å²) < 4.78 is 5.44. The van der Waals surface area contributed by atoms with E-state index in [1.54, 1.807) is 0 Å². The van der Waals surface area contributed by atoms with Crippen LogP contribution in [0.1, 0.15) is 23.1 Å². The molecule has 1 atom stereocenters. The second kappa shape index (κ2) is 7.64. The number of nitrogens with one attached hydrogen (secondary N) is 1. The number of nitrogens with zero attached hydrogens (tertiary/aromatic N) is 2. The molecule has 0 aromatic carbocycles.